The number of benzene rings is 1. The van der Waals surface area contributed by atoms with Gasteiger partial charge >= 0.3 is 0 Å². The number of likely N-dealkylation sites (N-methyl/N-ethyl adjacent to an activating group) is 1. The second-order valence-corrected chi connectivity index (χ2v) is 5.17. The Labute approximate surface area is 127 Å². The van der Waals surface area contributed by atoms with Crippen molar-refractivity contribution >= 4 is 5.91 Å². The number of hydrogen-bond donors (Lipinski definition) is 2. The highest BCUT2D eigenvalue weighted by molar-refractivity contribution is 5.75. The third kappa shape index (κ3) is 7.11. The largest absolute Gasteiger partial charge is 0.484 e. The molecular formula is C16H27N3O2. The molecule has 0 aliphatic rings. The first kappa shape index (κ1) is 17.5. The smallest absolute Gasteiger partial charge is 0.255 e. The maximum atomic E-state index is 10.6. The molecule has 118 valence electrons. The molecule has 1 aromatic carbocycles. The summed E-state index contributed by atoms with van der Waals surface area (Å²) in [5.41, 5.74) is 6.22. The molecule has 0 spiro atoms. The Hall–Kier alpha value is -1.59. The second-order valence-electron chi connectivity index (χ2n) is 5.17. The Morgan fingerprint density at radius 1 is 1.29 bits per heavy atom. The average Bonchev–Trinajstić information content (AvgIpc) is 2.49. The molecule has 0 aliphatic heterocycles. The Morgan fingerprint density at radius 2 is 1.90 bits per heavy atom. The number of carbonyl (C=O) groups is 1. The zero-order valence-electron chi connectivity index (χ0n) is 13.3. The molecule has 0 saturated heterocycles. The molecule has 5 heteroatoms. The number of ether oxygens (including phenoxy) is 1. The topological polar surface area (TPSA) is 67.6 Å². The number of nitrogens with two attached hydrogens (primary N) is 1. The third-order valence-electron chi connectivity index (χ3n) is 3.39. The molecule has 21 heavy (non-hydrogen) atoms. The highest BCUT2D eigenvalue weighted by Gasteiger charge is 2.06. The molecule has 0 aromatic heterocycles. The second kappa shape index (κ2) is 9.37. The summed E-state index contributed by atoms with van der Waals surface area (Å²) >= 11 is 0. The number of primary amides is 1. The fourth-order valence-electron chi connectivity index (χ4n) is 2.08. The number of nitrogens with one attached hydrogen (secondary N) is 1. The van der Waals surface area contributed by atoms with E-state index in [-0.39, 0.29) is 6.61 Å². The van der Waals surface area contributed by atoms with Gasteiger partial charge in [0.1, 0.15) is 5.75 Å². The zero-order valence-corrected chi connectivity index (χ0v) is 13.3. The van der Waals surface area contributed by atoms with Gasteiger partial charge in [-0.25, -0.2) is 0 Å². The van der Waals surface area contributed by atoms with Crippen molar-refractivity contribution in [3.8, 4) is 5.75 Å². The van der Waals surface area contributed by atoms with Crippen LogP contribution < -0.4 is 15.8 Å². The molecule has 1 amide bonds. The predicted molar refractivity (Wildman–Crippen MR) is 85.2 cm³/mol. The van der Waals surface area contributed by atoms with Crippen LogP contribution in [0, 0.1) is 0 Å². The summed E-state index contributed by atoms with van der Waals surface area (Å²) in [4.78, 5) is 13.0. The SMILES string of the molecule is CCN(CC)CC(C)NCc1ccc(OCC(N)=O)cc1. The quantitative estimate of drug-likeness (QED) is 0.684. The van der Waals surface area contributed by atoms with E-state index >= 15 is 0 Å². The van der Waals surface area contributed by atoms with Crippen molar-refractivity contribution < 1.29 is 9.53 Å². The number of carbonyl (C=O) groups excluding carboxylic acids is 1. The standard InChI is InChI=1S/C16H27N3O2/c1-4-19(5-2)11-13(3)18-10-14-6-8-15(9-7-14)21-12-16(17)20/h6-9,13,18H,4-5,10-12H2,1-3H3,(H2,17,20). The summed E-state index contributed by atoms with van der Waals surface area (Å²) in [5.74, 6) is 0.194. The van der Waals surface area contributed by atoms with E-state index in [1.165, 1.54) is 5.56 Å². The molecule has 5 nitrogen and oxygen atoms in total. The fraction of sp³-hybridized carbons (Fsp3) is 0.562. The minimum atomic E-state index is -0.467. The van der Waals surface area contributed by atoms with Crippen LogP contribution in [0.3, 0.4) is 0 Å². The Morgan fingerprint density at radius 3 is 2.43 bits per heavy atom. The van der Waals surface area contributed by atoms with Crippen molar-refractivity contribution in [2.45, 2.75) is 33.4 Å². The first-order chi connectivity index (χ1) is 10.0. The minimum absolute atomic E-state index is 0.0848. The van der Waals surface area contributed by atoms with Crippen molar-refractivity contribution in [1.82, 2.24) is 10.2 Å². The van der Waals surface area contributed by atoms with Crippen molar-refractivity contribution in [1.29, 1.82) is 0 Å². The van der Waals surface area contributed by atoms with Gasteiger partial charge in [0.15, 0.2) is 6.61 Å². The molecule has 0 bridgehead atoms. The number of amides is 1. The van der Waals surface area contributed by atoms with Gasteiger partial charge in [0, 0.05) is 19.1 Å². The maximum absolute atomic E-state index is 10.6. The molecule has 1 rings (SSSR count). The van der Waals surface area contributed by atoms with Crippen LogP contribution in [0.4, 0.5) is 0 Å². The van der Waals surface area contributed by atoms with E-state index in [0.29, 0.717) is 11.8 Å². The van der Waals surface area contributed by atoms with Crippen molar-refractivity contribution in [3.05, 3.63) is 29.8 Å². The first-order valence-corrected chi connectivity index (χ1v) is 7.50. The van der Waals surface area contributed by atoms with E-state index < -0.39 is 5.91 Å². The summed E-state index contributed by atoms with van der Waals surface area (Å²) in [6.07, 6.45) is 0. The van der Waals surface area contributed by atoms with Crippen molar-refractivity contribution in [2.75, 3.05) is 26.2 Å². The Bertz CT molecular complexity index is 416. The normalized spacial score (nSPS) is 12.4. The van der Waals surface area contributed by atoms with Gasteiger partial charge in [-0.2, -0.15) is 0 Å². The zero-order chi connectivity index (χ0) is 15.7. The van der Waals surface area contributed by atoms with E-state index in [9.17, 15) is 4.79 Å². The van der Waals surface area contributed by atoms with E-state index in [0.717, 1.165) is 26.2 Å². The first-order valence-electron chi connectivity index (χ1n) is 7.50. The summed E-state index contributed by atoms with van der Waals surface area (Å²) in [5, 5.41) is 3.51. The summed E-state index contributed by atoms with van der Waals surface area (Å²) < 4.78 is 5.23. The van der Waals surface area contributed by atoms with Crippen molar-refractivity contribution in [2.24, 2.45) is 5.73 Å². The van der Waals surface area contributed by atoms with Gasteiger partial charge in [0.05, 0.1) is 0 Å². The maximum Gasteiger partial charge on any atom is 0.255 e. The molecule has 0 heterocycles. The fourth-order valence-corrected chi connectivity index (χ4v) is 2.08. The molecule has 0 radical (unpaired) electrons. The van der Waals surface area contributed by atoms with Crippen LogP contribution in [0.5, 0.6) is 5.75 Å². The summed E-state index contributed by atoms with van der Waals surface area (Å²) in [6, 6.07) is 8.14. The summed E-state index contributed by atoms with van der Waals surface area (Å²) in [6.45, 7) is 10.5. The van der Waals surface area contributed by atoms with Gasteiger partial charge in [-0.15, -0.1) is 0 Å². The molecule has 0 fully saturated rings. The number of rotatable bonds is 10. The molecular weight excluding hydrogens is 266 g/mol. The molecule has 0 saturated carbocycles. The van der Waals surface area contributed by atoms with E-state index in [1.54, 1.807) is 0 Å². The van der Waals surface area contributed by atoms with Crippen LogP contribution >= 0.6 is 0 Å². The van der Waals surface area contributed by atoms with Gasteiger partial charge in [0.2, 0.25) is 0 Å². The van der Waals surface area contributed by atoms with Crippen LogP contribution in [0.25, 0.3) is 0 Å². The van der Waals surface area contributed by atoms with Gasteiger partial charge in [-0.1, -0.05) is 26.0 Å². The van der Waals surface area contributed by atoms with E-state index in [4.69, 9.17) is 10.5 Å². The highest BCUT2D eigenvalue weighted by atomic mass is 16.5. The lowest BCUT2D eigenvalue weighted by molar-refractivity contribution is -0.119. The van der Waals surface area contributed by atoms with Gasteiger partial charge in [-0.3, -0.25) is 4.79 Å². The van der Waals surface area contributed by atoms with Crippen molar-refractivity contribution in [3.63, 3.8) is 0 Å². The van der Waals surface area contributed by atoms with Crippen LogP contribution in [0.2, 0.25) is 0 Å². The van der Waals surface area contributed by atoms with Gasteiger partial charge < -0.3 is 20.7 Å². The molecule has 3 N–H and O–H groups in total. The number of hydrogen-bond acceptors (Lipinski definition) is 4. The summed E-state index contributed by atoms with van der Waals surface area (Å²) in [7, 11) is 0. The highest BCUT2D eigenvalue weighted by Crippen LogP contribution is 2.12. The molecule has 0 aliphatic carbocycles. The third-order valence-corrected chi connectivity index (χ3v) is 3.39. The van der Waals surface area contributed by atoms with Gasteiger partial charge in [0.25, 0.3) is 5.91 Å². The lowest BCUT2D eigenvalue weighted by atomic mass is 10.2. The molecule has 1 aromatic rings. The van der Waals surface area contributed by atoms with E-state index in [1.807, 2.05) is 24.3 Å². The minimum Gasteiger partial charge on any atom is -0.484 e. The van der Waals surface area contributed by atoms with Crippen LogP contribution in [0.1, 0.15) is 26.3 Å². The van der Waals surface area contributed by atoms with Gasteiger partial charge in [-0.05, 0) is 37.7 Å². The Kier molecular flexibility index (Phi) is 7.79. The molecule has 1 unspecified atom stereocenters. The average molecular weight is 293 g/mol. The molecule has 1 atom stereocenters. The van der Waals surface area contributed by atoms with Crippen LogP contribution in [-0.4, -0.2) is 43.1 Å². The Balaban J connectivity index is 2.36. The van der Waals surface area contributed by atoms with Crippen LogP contribution in [-0.2, 0) is 11.3 Å². The lowest BCUT2D eigenvalue weighted by Gasteiger charge is -2.23. The lowest BCUT2D eigenvalue weighted by Crippen LogP contribution is -2.38. The monoisotopic (exact) mass is 293 g/mol. The van der Waals surface area contributed by atoms with E-state index in [2.05, 4.69) is 31.0 Å². The number of nitrogens with zero attached hydrogens (tertiary/aromatic N) is 1. The predicted octanol–water partition coefficient (Wildman–Crippen LogP) is 1.37. The van der Waals surface area contributed by atoms with Crippen LogP contribution in [0.15, 0.2) is 24.3 Å².